The van der Waals surface area contributed by atoms with E-state index in [4.69, 9.17) is 4.84 Å². The molecule has 0 fully saturated rings. The second kappa shape index (κ2) is 4.66. The summed E-state index contributed by atoms with van der Waals surface area (Å²) >= 11 is 1.52. The lowest BCUT2D eigenvalue weighted by molar-refractivity contribution is -0.0126. The van der Waals surface area contributed by atoms with Gasteiger partial charge in [0.1, 0.15) is 18.0 Å². The maximum atomic E-state index is 12.6. The monoisotopic (exact) mass is 258 g/mol. The van der Waals surface area contributed by atoms with Crippen LogP contribution >= 0.6 is 11.8 Å². The van der Waals surface area contributed by atoms with Gasteiger partial charge in [0.2, 0.25) is 0 Å². The smallest absolute Gasteiger partial charge is 0.135 e. The Kier molecular flexibility index (Phi) is 3.39. The molecule has 0 aliphatic carbocycles. The van der Waals surface area contributed by atoms with E-state index in [9.17, 15) is 4.39 Å². The topological polar surface area (TPSA) is 52.0 Å². The fraction of sp³-hybridized carbons (Fsp3) is 0.600. The molecule has 1 aliphatic heterocycles. The summed E-state index contributed by atoms with van der Waals surface area (Å²) < 4.78 is 12.6. The quantitative estimate of drug-likeness (QED) is 0.890. The van der Waals surface area contributed by atoms with E-state index in [1.807, 2.05) is 19.9 Å². The Morgan fingerprint density at radius 3 is 2.76 bits per heavy atom. The molecule has 0 aromatic carbocycles. The number of rotatable bonds is 4. The molecule has 1 aromatic rings. The van der Waals surface area contributed by atoms with Gasteiger partial charge < -0.3 is 0 Å². The Labute approximate surface area is 103 Å². The van der Waals surface area contributed by atoms with Crippen LogP contribution in [0, 0.1) is 0 Å². The number of nitrogens with zero attached hydrogens (tertiary/aromatic N) is 3. The second-order valence-corrected chi connectivity index (χ2v) is 5.34. The summed E-state index contributed by atoms with van der Waals surface area (Å²) in [5.74, 6) is 0.575. The maximum Gasteiger partial charge on any atom is 0.135 e. The van der Waals surface area contributed by atoms with Crippen LogP contribution in [0.25, 0.3) is 0 Å². The van der Waals surface area contributed by atoms with Crippen LogP contribution in [0.2, 0.25) is 0 Å². The highest BCUT2D eigenvalue weighted by Crippen LogP contribution is 2.28. The molecule has 1 aliphatic rings. The van der Waals surface area contributed by atoms with Gasteiger partial charge in [0.25, 0.3) is 0 Å². The SMILES string of the molecule is Cn1nc(CF)c(CSC2=CC(C)(C)ON2)n1. The van der Waals surface area contributed by atoms with Crippen molar-refractivity contribution < 1.29 is 9.23 Å². The Balaban J connectivity index is 1.98. The van der Waals surface area contributed by atoms with Crippen molar-refractivity contribution in [2.45, 2.75) is 31.9 Å². The summed E-state index contributed by atoms with van der Waals surface area (Å²) in [7, 11) is 1.69. The molecular weight excluding hydrogens is 243 g/mol. The predicted octanol–water partition coefficient (Wildman–Crippen LogP) is 1.67. The van der Waals surface area contributed by atoms with E-state index in [0.29, 0.717) is 17.1 Å². The van der Waals surface area contributed by atoms with Gasteiger partial charge in [0.05, 0.1) is 10.7 Å². The predicted molar refractivity (Wildman–Crippen MR) is 63.5 cm³/mol. The first-order chi connectivity index (χ1) is 8.00. The van der Waals surface area contributed by atoms with Crippen LogP contribution in [-0.2, 0) is 24.3 Å². The molecule has 0 radical (unpaired) electrons. The molecule has 0 unspecified atom stereocenters. The number of alkyl halides is 1. The van der Waals surface area contributed by atoms with Crippen molar-refractivity contribution in [3.63, 3.8) is 0 Å². The Morgan fingerprint density at radius 2 is 2.18 bits per heavy atom. The molecule has 5 nitrogen and oxygen atoms in total. The van der Waals surface area contributed by atoms with Gasteiger partial charge in [-0.3, -0.25) is 10.3 Å². The molecule has 2 rings (SSSR count). The zero-order chi connectivity index (χ0) is 12.5. The molecule has 94 valence electrons. The van der Waals surface area contributed by atoms with Crippen molar-refractivity contribution in [3.05, 3.63) is 22.5 Å². The van der Waals surface area contributed by atoms with Gasteiger partial charge in [-0.1, -0.05) is 0 Å². The van der Waals surface area contributed by atoms with E-state index in [1.54, 1.807) is 7.05 Å². The standard InChI is InChI=1S/C10H15FN4OS/c1-10(2)4-9(14-16-10)17-6-8-7(5-11)12-15(3)13-8/h4,14H,5-6H2,1-3H3. The Morgan fingerprint density at radius 1 is 1.47 bits per heavy atom. The fourth-order valence-electron chi connectivity index (χ4n) is 1.48. The molecule has 0 spiro atoms. The average Bonchev–Trinajstić information content (AvgIpc) is 2.78. The van der Waals surface area contributed by atoms with Gasteiger partial charge in [0.15, 0.2) is 0 Å². The van der Waals surface area contributed by atoms with E-state index >= 15 is 0 Å². The lowest BCUT2D eigenvalue weighted by Gasteiger charge is -2.11. The van der Waals surface area contributed by atoms with Crippen LogP contribution < -0.4 is 5.48 Å². The van der Waals surface area contributed by atoms with Crippen LogP contribution in [0.3, 0.4) is 0 Å². The summed E-state index contributed by atoms with van der Waals surface area (Å²) in [6, 6.07) is 0. The molecule has 0 saturated heterocycles. The lowest BCUT2D eigenvalue weighted by Crippen LogP contribution is -2.20. The fourth-order valence-corrected chi connectivity index (χ4v) is 2.46. The first-order valence-corrected chi connectivity index (χ1v) is 6.23. The normalized spacial score (nSPS) is 18.0. The van der Waals surface area contributed by atoms with Crippen LogP contribution in [0.1, 0.15) is 25.2 Å². The number of aromatic nitrogens is 3. The van der Waals surface area contributed by atoms with Crippen LogP contribution in [0.5, 0.6) is 0 Å². The van der Waals surface area contributed by atoms with Crippen LogP contribution in [0.4, 0.5) is 4.39 Å². The Hall–Kier alpha value is -1.08. The zero-order valence-corrected chi connectivity index (χ0v) is 10.8. The number of hydrogen-bond donors (Lipinski definition) is 1. The molecule has 17 heavy (non-hydrogen) atoms. The van der Waals surface area contributed by atoms with Crippen molar-refractivity contribution >= 4 is 11.8 Å². The van der Waals surface area contributed by atoms with Crippen molar-refractivity contribution in [3.8, 4) is 0 Å². The molecule has 0 amide bonds. The van der Waals surface area contributed by atoms with Crippen molar-refractivity contribution in [2.24, 2.45) is 7.05 Å². The van der Waals surface area contributed by atoms with Crippen molar-refractivity contribution in [2.75, 3.05) is 0 Å². The van der Waals surface area contributed by atoms with E-state index < -0.39 is 6.67 Å². The molecule has 0 saturated carbocycles. The minimum atomic E-state index is -0.585. The summed E-state index contributed by atoms with van der Waals surface area (Å²) in [6.07, 6.45) is 1.99. The number of aryl methyl sites for hydroxylation is 1. The molecule has 0 atom stereocenters. The highest BCUT2D eigenvalue weighted by Gasteiger charge is 2.24. The number of hydroxylamine groups is 1. The van der Waals surface area contributed by atoms with Crippen molar-refractivity contribution in [1.82, 2.24) is 20.5 Å². The third-order valence-electron chi connectivity index (χ3n) is 2.25. The first-order valence-electron chi connectivity index (χ1n) is 5.25. The maximum absolute atomic E-state index is 12.6. The number of halogens is 1. The van der Waals surface area contributed by atoms with Gasteiger partial charge in [0, 0.05) is 12.8 Å². The first kappa shape index (κ1) is 12.4. The highest BCUT2D eigenvalue weighted by atomic mass is 32.2. The van der Waals surface area contributed by atoms with Crippen LogP contribution in [-0.4, -0.2) is 20.6 Å². The highest BCUT2D eigenvalue weighted by molar-refractivity contribution is 8.02. The second-order valence-electron chi connectivity index (χ2n) is 4.32. The largest absolute Gasteiger partial charge is 0.265 e. The molecule has 7 heteroatoms. The summed E-state index contributed by atoms with van der Waals surface area (Å²) in [5.41, 5.74) is 3.61. The average molecular weight is 258 g/mol. The Bertz CT molecular complexity index is 444. The van der Waals surface area contributed by atoms with Crippen LogP contribution in [0.15, 0.2) is 11.1 Å². The van der Waals surface area contributed by atoms with E-state index in [0.717, 1.165) is 5.03 Å². The van der Waals surface area contributed by atoms with E-state index in [2.05, 4.69) is 15.7 Å². The number of hydrogen-bond acceptors (Lipinski definition) is 5. The summed E-state index contributed by atoms with van der Waals surface area (Å²) in [5, 5.41) is 9.00. The van der Waals surface area contributed by atoms with Gasteiger partial charge in [-0.25, -0.2) is 4.39 Å². The summed E-state index contributed by atoms with van der Waals surface area (Å²) in [4.78, 5) is 6.71. The molecule has 1 N–H and O–H groups in total. The number of thioether (sulfide) groups is 1. The molecule has 0 bridgehead atoms. The van der Waals surface area contributed by atoms with E-state index in [-0.39, 0.29) is 5.60 Å². The minimum absolute atomic E-state index is 0.298. The van der Waals surface area contributed by atoms with Crippen molar-refractivity contribution in [1.29, 1.82) is 0 Å². The van der Waals surface area contributed by atoms with E-state index in [1.165, 1.54) is 16.6 Å². The lowest BCUT2D eigenvalue weighted by atomic mass is 10.1. The third-order valence-corrected chi connectivity index (χ3v) is 3.18. The van der Waals surface area contributed by atoms with Gasteiger partial charge >= 0.3 is 0 Å². The number of nitrogens with one attached hydrogen (secondary N) is 1. The van der Waals surface area contributed by atoms with Gasteiger partial charge in [-0.15, -0.1) is 11.8 Å². The zero-order valence-electron chi connectivity index (χ0n) is 10.0. The van der Waals surface area contributed by atoms with Gasteiger partial charge in [-0.05, 0) is 19.9 Å². The molecule has 1 aromatic heterocycles. The minimum Gasteiger partial charge on any atom is -0.265 e. The summed E-state index contributed by atoms with van der Waals surface area (Å²) in [6.45, 7) is 3.34. The third kappa shape index (κ3) is 2.98. The van der Waals surface area contributed by atoms with Gasteiger partial charge in [-0.2, -0.15) is 15.0 Å². The molecule has 2 heterocycles. The molecular formula is C10H15FN4OS.